The SMILES string of the molecule is CCCC(N)C1SCCSC1CC. The molecule has 1 saturated heterocycles. The van der Waals surface area contributed by atoms with E-state index in [1.54, 1.807) is 0 Å². The molecular formula is C10H21NS2. The van der Waals surface area contributed by atoms with E-state index in [2.05, 4.69) is 37.4 Å². The van der Waals surface area contributed by atoms with Crippen LogP contribution in [0.1, 0.15) is 33.1 Å². The quantitative estimate of drug-likeness (QED) is 0.787. The Kier molecular flexibility index (Phi) is 5.60. The van der Waals surface area contributed by atoms with Crippen LogP contribution in [0.5, 0.6) is 0 Å². The fourth-order valence-electron chi connectivity index (χ4n) is 1.83. The van der Waals surface area contributed by atoms with Crippen molar-refractivity contribution in [2.45, 2.75) is 49.7 Å². The highest BCUT2D eigenvalue weighted by atomic mass is 32.2. The molecule has 0 aromatic heterocycles. The zero-order chi connectivity index (χ0) is 9.68. The minimum absolute atomic E-state index is 0.424. The van der Waals surface area contributed by atoms with Crippen molar-refractivity contribution in [3.8, 4) is 0 Å². The third kappa shape index (κ3) is 3.37. The number of hydrogen-bond donors (Lipinski definition) is 1. The first-order valence-electron chi connectivity index (χ1n) is 5.28. The van der Waals surface area contributed by atoms with Crippen molar-refractivity contribution in [1.29, 1.82) is 0 Å². The maximum Gasteiger partial charge on any atom is 0.0317 e. The molecule has 1 nitrogen and oxygen atoms in total. The van der Waals surface area contributed by atoms with Crippen molar-refractivity contribution in [2.24, 2.45) is 5.73 Å². The van der Waals surface area contributed by atoms with Gasteiger partial charge in [-0.1, -0.05) is 20.3 Å². The zero-order valence-electron chi connectivity index (χ0n) is 8.66. The Morgan fingerprint density at radius 1 is 1.31 bits per heavy atom. The fraction of sp³-hybridized carbons (Fsp3) is 1.00. The van der Waals surface area contributed by atoms with Gasteiger partial charge in [-0.2, -0.15) is 23.5 Å². The lowest BCUT2D eigenvalue weighted by atomic mass is 10.1. The van der Waals surface area contributed by atoms with Gasteiger partial charge in [0.15, 0.2) is 0 Å². The normalized spacial score (nSPS) is 31.6. The minimum atomic E-state index is 0.424. The fourth-order valence-corrected chi connectivity index (χ4v) is 5.07. The molecule has 78 valence electrons. The topological polar surface area (TPSA) is 26.0 Å². The zero-order valence-corrected chi connectivity index (χ0v) is 10.3. The van der Waals surface area contributed by atoms with Crippen LogP contribution in [0.4, 0.5) is 0 Å². The average molecular weight is 219 g/mol. The van der Waals surface area contributed by atoms with Gasteiger partial charge >= 0.3 is 0 Å². The van der Waals surface area contributed by atoms with Crippen LogP contribution in [-0.4, -0.2) is 28.0 Å². The van der Waals surface area contributed by atoms with E-state index in [0.717, 1.165) is 5.25 Å². The molecule has 0 spiro atoms. The van der Waals surface area contributed by atoms with E-state index in [4.69, 9.17) is 5.73 Å². The molecule has 2 N–H and O–H groups in total. The van der Waals surface area contributed by atoms with Crippen molar-refractivity contribution in [2.75, 3.05) is 11.5 Å². The number of hydrogen-bond acceptors (Lipinski definition) is 3. The summed E-state index contributed by atoms with van der Waals surface area (Å²) in [5.74, 6) is 2.61. The standard InChI is InChI=1S/C10H21NS2/c1-3-5-8(11)10-9(4-2)12-6-7-13-10/h8-10H,3-7,11H2,1-2H3. The summed E-state index contributed by atoms with van der Waals surface area (Å²) in [7, 11) is 0. The molecule has 3 atom stereocenters. The molecule has 0 saturated carbocycles. The molecular weight excluding hydrogens is 198 g/mol. The molecule has 0 amide bonds. The lowest BCUT2D eigenvalue weighted by molar-refractivity contribution is 0.555. The van der Waals surface area contributed by atoms with E-state index < -0.39 is 0 Å². The summed E-state index contributed by atoms with van der Waals surface area (Å²) < 4.78 is 0. The van der Waals surface area contributed by atoms with Gasteiger partial charge in [-0.15, -0.1) is 0 Å². The van der Waals surface area contributed by atoms with E-state index in [-0.39, 0.29) is 0 Å². The molecule has 1 rings (SSSR count). The summed E-state index contributed by atoms with van der Waals surface area (Å²) in [4.78, 5) is 0. The van der Waals surface area contributed by atoms with Crippen molar-refractivity contribution >= 4 is 23.5 Å². The highest BCUT2D eigenvalue weighted by molar-refractivity contribution is 8.07. The Morgan fingerprint density at radius 3 is 2.62 bits per heavy atom. The Balaban J connectivity index is 2.43. The van der Waals surface area contributed by atoms with Gasteiger partial charge in [0, 0.05) is 28.0 Å². The summed E-state index contributed by atoms with van der Waals surface area (Å²) in [5, 5.41) is 1.52. The highest BCUT2D eigenvalue weighted by Crippen LogP contribution is 2.35. The largest absolute Gasteiger partial charge is 0.327 e. The lowest BCUT2D eigenvalue weighted by Gasteiger charge is -2.34. The second-order valence-corrected chi connectivity index (χ2v) is 6.24. The summed E-state index contributed by atoms with van der Waals surface area (Å²) in [6, 6.07) is 0.424. The summed E-state index contributed by atoms with van der Waals surface area (Å²) in [5.41, 5.74) is 6.19. The Bertz CT molecular complexity index is 141. The molecule has 0 aromatic rings. The van der Waals surface area contributed by atoms with Crippen LogP contribution in [0.25, 0.3) is 0 Å². The van der Waals surface area contributed by atoms with E-state index in [1.165, 1.54) is 30.8 Å². The smallest absolute Gasteiger partial charge is 0.0317 e. The van der Waals surface area contributed by atoms with E-state index >= 15 is 0 Å². The first-order chi connectivity index (χ1) is 6.29. The molecule has 3 heteroatoms. The van der Waals surface area contributed by atoms with Crippen LogP contribution >= 0.6 is 23.5 Å². The van der Waals surface area contributed by atoms with E-state index in [9.17, 15) is 0 Å². The van der Waals surface area contributed by atoms with E-state index in [0.29, 0.717) is 11.3 Å². The molecule has 1 fully saturated rings. The maximum absolute atomic E-state index is 6.19. The molecule has 1 aliphatic rings. The number of thioether (sulfide) groups is 2. The molecule has 0 radical (unpaired) electrons. The molecule has 0 bridgehead atoms. The first kappa shape index (κ1) is 11.7. The molecule has 3 unspecified atom stereocenters. The Labute approximate surface area is 90.6 Å². The van der Waals surface area contributed by atoms with Gasteiger partial charge in [0.1, 0.15) is 0 Å². The number of rotatable bonds is 4. The van der Waals surface area contributed by atoms with Gasteiger partial charge in [0.05, 0.1) is 0 Å². The summed E-state index contributed by atoms with van der Waals surface area (Å²) in [6.07, 6.45) is 3.69. The van der Waals surface area contributed by atoms with Crippen LogP contribution in [0.3, 0.4) is 0 Å². The van der Waals surface area contributed by atoms with Crippen LogP contribution in [0.15, 0.2) is 0 Å². The van der Waals surface area contributed by atoms with Crippen LogP contribution < -0.4 is 5.73 Å². The van der Waals surface area contributed by atoms with Gasteiger partial charge in [0.25, 0.3) is 0 Å². The maximum atomic E-state index is 6.19. The van der Waals surface area contributed by atoms with Crippen LogP contribution in [-0.2, 0) is 0 Å². The van der Waals surface area contributed by atoms with Crippen LogP contribution in [0.2, 0.25) is 0 Å². The van der Waals surface area contributed by atoms with Crippen molar-refractivity contribution in [3.63, 3.8) is 0 Å². The Morgan fingerprint density at radius 2 is 2.00 bits per heavy atom. The Hall–Kier alpha value is 0.660. The molecule has 0 aromatic carbocycles. The molecule has 1 heterocycles. The van der Waals surface area contributed by atoms with Crippen molar-refractivity contribution < 1.29 is 0 Å². The minimum Gasteiger partial charge on any atom is -0.327 e. The molecule has 1 aliphatic heterocycles. The lowest BCUT2D eigenvalue weighted by Crippen LogP contribution is -2.41. The predicted octanol–water partition coefficient (Wildman–Crippen LogP) is 2.74. The molecule has 13 heavy (non-hydrogen) atoms. The van der Waals surface area contributed by atoms with Gasteiger partial charge in [-0.05, 0) is 12.8 Å². The first-order valence-corrected chi connectivity index (χ1v) is 7.38. The number of nitrogens with two attached hydrogens (primary N) is 1. The van der Waals surface area contributed by atoms with Gasteiger partial charge in [-0.3, -0.25) is 0 Å². The van der Waals surface area contributed by atoms with Crippen LogP contribution in [0, 0.1) is 0 Å². The second-order valence-electron chi connectivity index (χ2n) is 3.61. The third-order valence-electron chi connectivity index (χ3n) is 2.54. The van der Waals surface area contributed by atoms with Crippen molar-refractivity contribution in [3.05, 3.63) is 0 Å². The second kappa shape index (κ2) is 6.20. The van der Waals surface area contributed by atoms with E-state index in [1.807, 2.05) is 0 Å². The third-order valence-corrected chi connectivity index (χ3v) is 5.97. The molecule has 0 aliphatic carbocycles. The van der Waals surface area contributed by atoms with Gasteiger partial charge in [0.2, 0.25) is 0 Å². The highest BCUT2D eigenvalue weighted by Gasteiger charge is 2.29. The average Bonchev–Trinajstić information content (AvgIpc) is 2.18. The predicted molar refractivity (Wildman–Crippen MR) is 65.7 cm³/mol. The monoisotopic (exact) mass is 219 g/mol. The summed E-state index contributed by atoms with van der Waals surface area (Å²) in [6.45, 7) is 4.51. The van der Waals surface area contributed by atoms with Gasteiger partial charge < -0.3 is 5.73 Å². The van der Waals surface area contributed by atoms with Crippen molar-refractivity contribution in [1.82, 2.24) is 0 Å². The van der Waals surface area contributed by atoms with Gasteiger partial charge in [-0.25, -0.2) is 0 Å². The summed E-state index contributed by atoms with van der Waals surface area (Å²) >= 11 is 4.22.